The smallest absolute Gasteiger partial charge is 0.220 e. The van der Waals surface area contributed by atoms with Crippen LogP contribution in [0.5, 0.6) is 5.75 Å². The van der Waals surface area contributed by atoms with Crippen molar-refractivity contribution in [2.24, 2.45) is 0 Å². The van der Waals surface area contributed by atoms with E-state index in [0.29, 0.717) is 21.8 Å². The van der Waals surface area contributed by atoms with Crippen molar-refractivity contribution in [2.75, 3.05) is 13.7 Å². The van der Waals surface area contributed by atoms with E-state index in [2.05, 4.69) is 10.2 Å². The van der Waals surface area contributed by atoms with Crippen molar-refractivity contribution in [1.82, 2.24) is 14.8 Å². The molecule has 0 aliphatic carbocycles. The molecule has 1 aromatic heterocycles. The lowest BCUT2D eigenvalue weighted by Gasteiger charge is -2.15. The van der Waals surface area contributed by atoms with E-state index < -0.39 is 5.25 Å². The zero-order valence-electron chi connectivity index (χ0n) is 15.6. The number of benzene rings is 2. The number of nitrogens with zero attached hydrogens (tertiary/aromatic N) is 4. The quantitative estimate of drug-likeness (QED) is 0.315. The Balaban J connectivity index is 1.97. The standard InChI is InChI=1S/C19H19ClN4O3S/c1-12-4-7-15(8-5-12)24-13(2)21-22-19(24)28-18(11-23(25)26)14-6-9-17(27-3)16(20)10-14/h4-10,18H,11H2,1-3H3/t18-/m0/s1. The van der Waals surface area contributed by atoms with Gasteiger partial charge in [-0.3, -0.25) is 14.7 Å². The van der Waals surface area contributed by atoms with Gasteiger partial charge in [-0.2, -0.15) is 0 Å². The predicted molar refractivity (Wildman–Crippen MR) is 109 cm³/mol. The summed E-state index contributed by atoms with van der Waals surface area (Å²) >= 11 is 7.51. The maximum Gasteiger partial charge on any atom is 0.220 e. The molecule has 0 aliphatic rings. The molecule has 0 N–H and O–H groups in total. The van der Waals surface area contributed by atoms with Crippen molar-refractivity contribution in [1.29, 1.82) is 0 Å². The van der Waals surface area contributed by atoms with Crippen molar-refractivity contribution >= 4 is 23.4 Å². The second-order valence-electron chi connectivity index (χ2n) is 6.22. The fourth-order valence-electron chi connectivity index (χ4n) is 2.77. The molecule has 0 radical (unpaired) electrons. The van der Waals surface area contributed by atoms with E-state index in [1.807, 2.05) is 42.7 Å². The van der Waals surface area contributed by atoms with Gasteiger partial charge in [0.05, 0.1) is 12.1 Å². The molecule has 0 saturated carbocycles. The molecule has 1 heterocycles. The maximum absolute atomic E-state index is 11.3. The molecule has 3 aromatic rings. The molecular formula is C19H19ClN4O3S. The molecular weight excluding hydrogens is 400 g/mol. The second-order valence-corrected chi connectivity index (χ2v) is 7.79. The van der Waals surface area contributed by atoms with Crippen molar-refractivity contribution in [3.8, 4) is 11.4 Å². The molecule has 0 amide bonds. The van der Waals surface area contributed by atoms with Crippen LogP contribution in [0.15, 0.2) is 47.6 Å². The summed E-state index contributed by atoms with van der Waals surface area (Å²) < 4.78 is 7.06. The molecule has 28 heavy (non-hydrogen) atoms. The van der Waals surface area contributed by atoms with Crippen LogP contribution in [0.3, 0.4) is 0 Å². The third-order valence-corrected chi connectivity index (χ3v) is 5.67. The minimum Gasteiger partial charge on any atom is -0.495 e. The molecule has 0 unspecified atom stereocenters. The SMILES string of the molecule is COc1ccc([C@H](C[N+](=O)[O-])Sc2nnc(C)n2-c2ccc(C)cc2)cc1Cl. The summed E-state index contributed by atoms with van der Waals surface area (Å²) in [5.41, 5.74) is 2.77. The van der Waals surface area contributed by atoms with Gasteiger partial charge >= 0.3 is 0 Å². The Morgan fingerprint density at radius 3 is 2.54 bits per heavy atom. The van der Waals surface area contributed by atoms with Crippen LogP contribution in [0.4, 0.5) is 0 Å². The van der Waals surface area contributed by atoms with E-state index >= 15 is 0 Å². The largest absolute Gasteiger partial charge is 0.495 e. The number of aromatic nitrogens is 3. The third-order valence-electron chi connectivity index (χ3n) is 4.20. The van der Waals surface area contributed by atoms with E-state index in [-0.39, 0.29) is 11.5 Å². The van der Waals surface area contributed by atoms with Crippen LogP contribution in [0.1, 0.15) is 22.2 Å². The highest BCUT2D eigenvalue weighted by atomic mass is 35.5. The van der Waals surface area contributed by atoms with Crippen LogP contribution in [-0.4, -0.2) is 33.3 Å². The van der Waals surface area contributed by atoms with Crippen molar-refractivity contribution < 1.29 is 9.66 Å². The highest BCUT2D eigenvalue weighted by molar-refractivity contribution is 7.99. The van der Waals surface area contributed by atoms with Crippen LogP contribution in [-0.2, 0) is 0 Å². The summed E-state index contributed by atoms with van der Waals surface area (Å²) in [4.78, 5) is 10.9. The van der Waals surface area contributed by atoms with Crippen LogP contribution in [0, 0.1) is 24.0 Å². The van der Waals surface area contributed by atoms with Gasteiger partial charge in [-0.15, -0.1) is 10.2 Å². The number of ether oxygens (including phenoxy) is 1. The van der Waals surface area contributed by atoms with E-state index in [4.69, 9.17) is 16.3 Å². The number of thioether (sulfide) groups is 1. The number of methoxy groups -OCH3 is 1. The monoisotopic (exact) mass is 418 g/mol. The van der Waals surface area contributed by atoms with Gasteiger partial charge in [0.25, 0.3) is 0 Å². The maximum atomic E-state index is 11.3. The number of halogens is 1. The lowest BCUT2D eigenvalue weighted by Crippen LogP contribution is -2.11. The summed E-state index contributed by atoms with van der Waals surface area (Å²) in [7, 11) is 1.52. The Bertz CT molecular complexity index is 991. The van der Waals surface area contributed by atoms with Gasteiger partial charge < -0.3 is 4.74 Å². The molecule has 0 bridgehead atoms. The van der Waals surface area contributed by atoms with Gasteiger partial charge in [0.2, 0.25) is 6.54 Å². The molecule has 0 saturated heterocycles. The molecule has 0 spiro atoms. The van der Waals surface area contributed by atoms with Crippen LogP contribution in [0.2, 0.25) is 5.02 Å². The Labute approximate surface area is 171 Å². The number of hydrogen-bond donors (Lipinski definition) is 0. The Kier molecular flexibility index (Phi) is 6.21. The van der Waals surface area contributed by atoms with Gasteiger partial charge in [-0.1, -0.05) is 47.1 Å². The van der Waals surface area contributed by atoms with E-state index in [1.165, 1.54) is 18.9 Å². The minimum atomic E-state index is -0.480. The average molecular weight is 419 g/mol. The first-order chi connectivity index (χ1) is 13.4. The van der Waals surface area contributed by atoms with Gasteiger partial charge in [0.15, 0.2) is 5.16 Å². The van der Waals surface area contributed by atoms with Gasteiger partial charge in [0, 0.05) is 10.6 Å². The third kappa shape index (κ3) is 4.45. The zero-order chi connectivity index (χ0) is 20.3. The average Bonchev–Trinajstić information content (AvgIpc) is 3.02. The molecule has 9 heteroatoms. The Morgan fingerprint density at radius 2 is 1.93 bits per heavy atom. The summed E-state index contributed by atoms with van der Waals surface area (Å²) in [5.74, 6) is 1.23. The summed E-state index contributed by atoms with van der Waals surface area (Å²) in [6.07, 6.45) is 0. The Morgan fingerprint density at radius 1 is 1.21 bits per heavy atom. The predicted octanol–water partition coefficient (Wildman–Crippen LogP) is 4.66. The minimum absolute atomic E-state index is 0.271. The Hall–Kier alpha value is -2.58. The number of aryl methyl sites for hydroxylation is 2. The number of nitro groups is 1. The molecule has 146 valence electrons. The number of rotatable bonds is 7. The van der Waals surface area contributed by atoms with Crippen LogP contribution >= 0.6 is 23.4 Å². The van der Waals surface area contributed by atoms with E-state index in [0.717, 1.165) is 16.8 Å². The summed E-state index contributed by atoms with van der Waals surface area (Å²) in [5, 5.41) is 20.2. The van der Waals surface area contributed by atoms with Crippen LogP contribution < -0.4 is 4.74 Å². The second kappa shape index (κ2) is 8.62. The lowest BCUT2D eigenvalue weighted by atomic mass is 10.1. The van der Waals surface area contributed by atoms with Crippen molar-refractivity contribution in [3.05, 3.63) is 74.6 Å². The fraction of sp³-hybridized carbons (Fsp3) is 0.263. The molecule has 7 nitrogen and oxygen atoms in total. The lowest BCUT2D eigenvalue weighted by molar-refractivity contribution is -0.479. The molecule has 3 rings (SSSR count). The first-order valence-corrected chi connectivity index (χ1v) is 9.75. The van der Waals surface area contributed by atoms with Gasteiger partial charge in [-0.05, 0) is 43.7 Å². The van der Waals surface area contributed by atoms with E-state index in [9.17, 15) is 10.1 Å². The zero-order valence-corrected chi connectivity index (χ0v) is 17.2. The van der Waals surface area contributed by atoms with Crippen molar-refractivity contribution in [2.45, 2.75) is 24.3 Å². The highest BCUT2D eigenvalue weighted by Gasteiger charge is 2.24. The van der Waals surface area contributed by atoms with Gasteiger partial charge in [0.1, 0.15) is 16.8 Å². The first-order valence-electron chi connectivity index (χ1n) is 8.50. The topological polar surface area (TPSA) is 83.1 Å². The molecule has 0 aliphatic heterocycles. The summed E-state index contributed by atoms with van der Waals surface area (Å²) in [6.45, 7) is 3.59. The normalized spacial score (nSPS) is 12.0. The molecule has 2 aromatic carbocycles. The first kappa shape index (κ1) is 20.2. The highest BCUT2D eigenvalue weighted by Crippen LogP contribution is 2.38. The van der Waals surface area contributed by atoms with E-state index in [1.54, 1.807) is 18.2 Å². The fourth-order valence-corrected chi connectivity index (χ4v) is 4.20. The molecule has 0 fully saturated rings. The van der Waals surface area contributed by atoms with Gasteiger partial charge in [-0.25, -0.2) is 0 Å². The molecule has 1 atom stereocenters. The van der Waals surface area contributed by atoms with Crippen molar-refractivity contribution in [3.63, 3.8) is 0 Å². The number of hydrogen-bond acceptors (Lipinski definition) is 6. The summed E-state index contributed by atoms with van der Waals surface area (Å²) in [6, 6.07) is 13.1. The van der Waals surface area contributed by atoms with Crippen LogP contribution in [0.25, 0.3) is 5.69 Å².